The van der Waals surface area contributed by atoms with Crippen LogP contribution in [0.3, 0.4) is 0 Å². The molecule has 1 aliphatic heterocycles. The van der Waals surface area contributed by atoms with Crippen molar-refractivity contribution in [1.82, 2.24) is 0 Å². The first-order valence-corrected chi connectivity index (χ1v) is 5.94. The smallest absolute Gasteiger partial charge is 0.0845 e. The molecule has 2 heteroatoms. The highest BCUT2D eigenvalue weighted by Crippen LogP contribution is 2.29. The van der Waals surface area contributed by atoms with E-state index in [2.05, 4.69) is 36.2 Å². The van der Waals surface area contributed by atoms with E-state index in [4.69, 9.17) is 4.74 Å². The molecule has 0 aromatic heterocycles. The average molecular weight is 217 g/mol. The molecule has 0 spiro atoms. The van der Waals surface area contributed by atoms with Crippen LogP contribution in [0.25, 0.3) is 6.08 Å². The minimum absolute atomic E-state index is 0.728. The summed E-state index contributed by atoms with van der Waals surface area (Å²) >= 11 is 0. The Bertz CT molecular complexity index is 384. The zero-order valence-electron chi connectivity index (χ0n) is 10.1. The van der Waals surface area contributed by atoms with Gasteiger partial charge in [-0.25, -0.2) is 0 Å². The van der Waals surface area contributed by atoms with Gasteiger partial charge in [-0.05, 0) is 43.0 Å². The zero-order valence-corrected chi connectivity index (χ0v) is 10.1. The lowest BCUT2D eigenvalue weighted by atomic mass is 9.96. The molecule has 0 saturated carbocycles. The largest absolute Gasteiger partial charge is 0.501 e. The number of benzene rings is 1. The second-order valence-corrected chi connectivity index (χ2v) is 4.13. The molecule has 0 amide bonds. The van der Waals surface area contributed by atoms with Crippen LogP contribution in [-0.4, -0.2) is 20.2 Å². The topological polar surface area (TPSA) is 12.5 Å². The first-order chi connectivity index (χ1) is 7.83. The Morgan fingerprint density at radius 2 is 2.31 bits per heavy atom. The summed E-state index contributed by atoms with van der Waals surface area (Å²) in [4.78, 5) is 2.33. The Kier molecular flexibility index (Phi) is 3.50. The van der Waals surface area contributed by atoms with Crippen molar-refractivity contribution in [2.75, 3.05) is 25.1 Å². The van der Waals surface area contributed by atoms with E-state index in [1.807, 2.05) is 6.92 Å². The zero-order chi connectivity index (χ0) is 11.4. The van der Waals surface area contributed by atoms with Gasteiger partial charge >= 0.3 is 0 Å². The lowest BCUT2D eigenvalue weighted by Crippen LogP contribution is -2.25. The van der Waals surface area contributed by atoms with Crippen molar-refractivity contribution in [2.45, 2.75) is 19.8 Å². The fourth-order valence-electron chi connectivity index (χ4n) is 2.21. The van der Waals surface area contributed by atoms with E-state index in [1.54, 1.807) is 6.26 Å². The fourth-order valence-corrected chi connectivity index (χ4v) is 2.21. The van der Waals surface area contributed by atoms with Crippen LogP contribution in [0.15, 0.2) is 24.5 Å². The quantitative estimate of drug-likeness (QED) is 0.721. The van der Waals surface area contributed by atoms with Gasteiger partial charge in [0.2, 0.25) is 0 Å². The number of nitrogens with zero attached hydrogens (tertiary/aromatic N) is 1. The molecule has 0 fully saturated rings. The monoisotopic (exact) mass is 217 g/mol. The summed E-state index contributed by atoms with van der Waals surface area (Å²) < 4.78 is 5.26. The van der Waals surface area contributed by atoms with Gasteiger partial charge in [-0.3, -0.25) is 0 Å². The van der Waals surface area contributed by atoms with E-state index in [0.717, 1.165) is 13.2 Å². The average Bonchev–Trinajstić information content (AvgIpc) is 2.31. The first kappa shape index (κ1) is 11.1. The lowest BCUT2D eigenvalue weighted by molar-refractivity contribution is 0.272. The van der Waals surface area contributed by atoms with E-state index in [-0.39, 0.29) is 0 Å². The number of rotatable bonds is 3. The summed E-state index contributed by atoms with van der Waals surface area (Å²) in [6, 6.07) is 6.48. The van der Waals surface area contributed by atoms with Crippen molar-refractivity contribution in [3.63, 3.8) is 0 Å². The number of fused-ring (bicyclic) bond motifs is 1. The summed E-state index contributed by atoms with van der Waals surface area (Å²) in [6.45, 7) is 3.88. The van der Waals surface area contributed by atoms with Crippen LogP contribution >= 0.6 is 0 Å². The molecule has 1 aliphatic rings. The molecular weight excluding hydrogens is 198 g/mol. The Hall–Kier alpha value is -1.44. The third-order valence-corrected chi connectivity index (χ3v) is 3.03. The lowest BCUT2D eigenvalue weighted by Gasteiger charge is -2.28. The highest BCUT2D eigenvalue weighted by Gasteiger charge is 2.14. The van der Waals surface area contributed by atoms with Crippen molar-refractivity contribution in [3.05, 3.63) is 35.6 Å². The van der Waals surface area contributed by atoms with Gasteiger partial charge in [0.25, 0.3) is 0 Å². The third-order valence-electron chi connectivity index (χ3n) is 3.03. The van der Waals surface area contributed by atoms with Crippen molar-refractivity contribution in [3.8, 4) is 0 Å². The fraction of sp³-hybridized carbons (Fsp3) is 0.429. The predicted molar refractivity (Wildman–Crippen MR) is 68.7 cm³/mol. The minimum atomic E-state index is 0.728. The number of ether oxygens (including phenoxy) is 1. The standard InChI is InChI=1S/C14H19NO/c1-3-16-11-9-12-6-4-8-14-13(12)7-5-10-15(14)2/h4,6,8-9,11H,3,5,7,10H2,1-2H3/b11-9-. The summed E-state index contributed by atoms with van der Waals surface area (Å²) in [6.07, 6.45) is 6.28. The molecule has 2 nitrogen and oxygen atoms in total. The number of anilines is 1. The molecule has 0 unspecified atom stereocenters. The Morgan fingerprint density at radius 1 is 1.44 bits per heavy atom. The van der Waals surface area contributed by atoms with Crippen molar-refractivity contribution < 1.29 is 4.74 Å². The van der Waals surface area contributed by atoms with Gasteiger partial charge in [-0.1, -0.05) is 12.1 Å². The van der Waals surface area contributed by atoms with Crippen LogP contribution in [0, 0.1) is 0 Å². The van der Waals surface area contributed by atoms with Crippen LogP contribution in [0.4, 0.5) is 5.69 Å². The summed E-state index contributed by atoms with van der Waals surface area (Å²) in [5.74, 6) is 0. The second kappa shape index (κ2) is 5.06. The molecule has 0 atom stereocenters. The second-order valence-electron chi connectivity index (χ2n) is 4.13. The predicted octanol–water partition coefficient (Wildman–Crippen LogP) is 3.08. The van der Waals surface area contributed by atoms with E-state index >= 15 is 0 Å². The SMILES string of the molecule is CCO/C=C\c1cccc2c1CCCN2C. The van der Waals surface area contributed by atoms with E-state index in [1.165, 1.54) is 29.7 Å². The molecule has 0 radical (unpaired) electrons. The maximum Gasteiger partial charge on any atom is 0.0845 e. The number of hydrogen-bond acceptors (Lipinski definition) is 2. The molecule has 0 bridgehead atoms. The highest BCUT2D eigenvalue weighted by molar-refractivity contribution is 5.66. The Balaban J connectivity index is 2.29. The van der Waals surface area contributed by atoms with Gasteiger partial charge in [0.1, 0.15) is 0 Å². The molecule has 16 heavy (non-hydrogen) atoms. The third kappa shape index (κ3) is 2.21. The van der Waals surface area contributed by atoms with Gasteiger partial charge in [0.15, 0.2) is 0 Å². The summed E-state index contributed by atoms with van der Waals surface area (Å²) in [5, 5.41) is 0. The molecular formula is C14H19NO. The normalized spacial score (nSPS) is 15.2. The van der Waals surface area contributed by atoms with Gasteiger partial charge in [-0.15, -0.1) is 0 Å². The minimum Gasteiger partial charge on any atom is -0.501 e. The van der Waals surface area contributed by atoms with Crippen LogP contribution in [0.5, 0.6) is 0 Å². The maximum atomic E-state index is 5.26. The van der Waals surface area contributed by atoms with Crippen LogP contribution in [0.2, 0.25) is 0 Å². The molecule has 1 heterocycles. The highest BCUT2D eigenvalue weighted by atomic mass is 16.5. The molecule has 0 saturated heterocycles. The van der Waals surface area contributed by atoms with Gasteiger partial charge in [0.05, 0.1) is 12.9 Å². The van der Waals surface area contributed by atoms with Gasteiger partial charge < -0.3 is 9.64 Å². The first-order valence-electron chi connectivity index (χ1n) is 5.94. The molecule has 1 aromatic carbocycles. The summed E-state index contributed by atoms with van der Waals surface area (Å²) in [7, 11) is 2.16. The Morgan fingerprint density at radius 3 is 3.12 bits per heavy atom. The van der Waals surface area contributed by atoms with E-state index in [9.17, 15) is 0 Å². The van der Waals surface area contributed by atoms with E-state index < -0.39 is 0 Å². The van der Waals surface area contributed by atoms with E-state index in [0.29, 0.717) is 0 Å². The van der Waals surface area contributed by atoms with Gasteiger partial charge in [-0.2, -0.15) is 0 Å². The Labute approximate surface area is 97.5 Å². The molecule has 0 N–H and O–H groups in total. The van der Waals surface area contributed by atoms with Gasteiger partial charge in [0, 0.05) is 19.3 Å². The summed E-state index contributed by atoms with van der Waals surface area (Å²) in [5.41, 5.74) is 4.11. The van der Waals surface area contributed by atoms with Crippen molar-refractivity contribution in [1.29, 1.82) is 0 Å². The van der Waals surface area contributed by atoms with Crippen LogP contribution < -0.4 is 4.90 Å². The maximum absolute atomic E-state index is 5.26. The molecule has 2 rings (SSSR count). The van der Waals surface area contributed by atoms with Crippen LogP contribution in [0.1, 0.15) is 24.5 Å². The molecule has 86 valence electrons. The van der Waals surface area contributed by atoms with Crippen LogP contribution in [-0.2, 0) is 11.2 Å². The number of hydrogen-bond donors (Lipinski definition) is 0. The molecule has 1 aromatic rings. The van der Waals surface area contributed by atoms with Crippen molar-refractivity contribution >= 4 is 11.8 Å². The molecule has 0 aliphatic carbocycles. The van der Waals surface area contributed by atoms with Crippen molar-refractivity contribution in [2.24, 2.45) is 0 Å².